The Labute approximate surface area is 102 Å². The van der Waals surface area contributed by atoms with Gasteiger partial charge in [-0.1, -0.05) is 0 Å². The summed E-state index contributed by atoms with van der Waals surface area (Å²) in [6.45, 7) is 33.2. The molecule has 0 saturated heterocycles. The third-order valence-electron chi connectivity index (χ3n) is 0. The Balaban J connectivity index is -0.00000000628. The van der Waals surface area contributed by atoms with E-state index in [4.69, 9.17) is 82.8 Å². The molecule has 0 aliphatic rings. The van der Waals surface area contributed by atoms with E-state index in [0.717, 1.165) is 0 Å². The monoisotopic (exact) mass is 233 g/mol. The van der Waals surface area contributed by atoms with E-state index in [-0.39, 0.29) is 18.6 Å². The molecule has 1 radical (unpaired) electrons. The van der Waals surface area contributed by atoms with Gasteiger partial charge in [0.15, 0.2) is 0 Å². The summed E-state index contributed by atoms with van der Waals surface area (Å²) in [5.41, 5.74) is 0. The number of hydrogen-bond donors (Lipinski definition) is 0. The van der Waals surface area contributed by atoms with Gasteiger partial charge in [-0.3, -0.25) is 0 Å². The molecule has 0 aliphatic heterocycles. The van der Waals surface area contributed by atoms with Gasteiger partial charge in [0.2, 0.25) is 0 Å². The molecule has 7 nitrogen and oxygen atoms in total. The molecule has 0 amide bonds. The molecule has 0 saturated carbocycles. The molecule has 0 rings (SSSR count). The predicted octanol–water partition coefficient (Wildman–Crippen LogP) is 0.672. The first-order chi connectivity index (χ1) is 7.00. The molecule has 0 heterocycles. The van der Waals surface area contributed by atoms with Crippen molar-refractivity contribution in [3.8, 4) is 0 Å². The largest absolute Gasteiger partial charge is 0.512 e. The van der Waals surface area contributed by atoms with Crippen LogP contribution in [0.1, 0.15) is 0 Å². The van der Waals surface area contributed by atoms with Gasteiger partial charge >= 0.3 is 0 Å². The van der Waals surface area contributed by atoms with Crippen LogP contribution in [0.5, 0.6) is 0 Å². The maximum absolute atomic E-state index is 6.25. The summed E-state index contributed by atoms with van der Waals surface area (Å²) in [6.07, 6.45) is 0. The summed E-state index contributed by atoms with van der Waals surface area (Å²) in [7, 11) is 0. The van der Waals surface area contributed by atoms with E-state index in [1.165, 1.54) is 0 Å². The van der Waals surface area contributed by atoms with Gasteiger partial charge in [0.05, 0.1) is 0 Å². The minimum atomic E-state index is 0. The van der Waals surface area contributed by atoms with Crippen LogP contribution in [0.4, 0.5) is 0 Å². The smallest absolute Gasteiger partial charge is 0 e. The fourth-order valence-electron chi connectivity index (χ4n) is 0. The molecule has 0 bridgehead atoms. The Morgan fingerprint density at radius 3 is 0.267 bits per heavy atom. The Morgan fingerprint density at radius 1 is 0.267 bits per heavy atom. The van der Waals surface area contributed by atoms with Gasteiger partial charge in [-0.15, -0.1) is 0 Å². The second-order valence-electron chi connectivity index (χ2n) is 0. The summed E-state index contributed by atoms with van der Waals surface area (Å²) in [6, 6.07) is 0. The average Bonchev–Trinajstić information content (AvgIpc) is 2.45. The number of rotatable bonds is 0. The number of nitrogens with zero attached hydrogens (tertiary/aromatic N) is 7. The molecule has 0 N–H and O–H groups in total. The van der Waals surface area contributed by atoms with E-state index >= 15 is 0 Å². The molecule has 15 heavy (non-hydrogen) atoms. The van der Waals surface area contributed by atoms with Crippen molar-refractivity contribution in [1.82, 2.24) is 0 Å². The average molecular weight is 233 g/mol. The molecule has 0 aromatic heterocycles. The quantitative estimate of drug-likeness (QED) is 0.553. The maximum atomic E-state index is 6.25. The number of hydrogen-bond acceptors (Lipinski definition) is 7. The first-order valence-corrected chi connectivity index (χ1v) is 1.57. The molecular formula is C7N7V-7. The van der Waals surface area contributed by atoms with Crippen molar-refractivity contribution in [3.05, 3.63) is 46.0 Å². The second kappa shape index (κ2) is 124. The molecular weight excluding hydrogens is 233 g/mol. The SMILES string of the molecule is [C-]#N.[C-]#N.[C-]#N.[C-]#N.[C-]#N.[C-]#N.[C-]#N.[V]. The normalized spacial score (nSPS) is 0.933. The molecule has 8 heteroatoms. The Kier molecular flexibility index (Phi) is 747. The Morgan fingerprint density at radius 2 is 0.267 bits per heavy atom. The third-order valence-corrected chi connectivity index (χ3v) is 0. The summed E-state index contributed by atoms with van der Waals surface area (Å²) in [5, 5.41) is 43.8. The van der Waals surface area contributed by atoms with Crippen molar-refractivity contribution < 1.29 is 18.6 Å². The van der Waals surface area contributed by atoms with E-state index in [1.807, 2.05) is 0 Å². The zero-order chi connectivity index (χ0) is 14.0. The van der Waals surface area contributed by atoms with Gasteiger partial charge in [0, 0.05) is 18.6 Å². The van der Waals surface area contributed by atoms with Crippen LogP contribution in [0.15, 0.2) is 0 Å². The minimum Gasteiger partial charge on any atom is -0.512 e. The van der Waals surface area contributed by atoms with Crippen LogP contribution in [0.25, 0.3) is 0 Å². The van der Waals surface area contributed by atoms with Crippen molar-refractivity contribution in [3.63, 3.8) is 0 Å². The molecule has 0 unspecified atom stereocenters. The van der Waals surface area contributed by atoms with Crippen LogP contribution in [-0.2, 0) is 18.6 Å². The van der Waals surface area contributed by atoms with Crippen molar-refractivity contribution in [2.75, 3.05) is 0 Å². The zero-order valence-electron chi connectivity index (χ0n) is 7.08. The second-order valence-corrected chi connectivity index (χ2v) is 0. The first-order valence-electron chi connectivity index (χ1n) is 1.57. The molecule has 0 spiro atoms. The summed E-state index contributed by atoms with van der Waals surface area (Å²) in [4.78, 5) is 0. The Hall–Kier alpha value is -2.99. The van der Waals surface area contributed by atoms with Crippen LogP contribution < -0.4 is 0 Å². The molecule has 75 valence electrons. The van der Waals surface area contributed by atoms with Crippen LogP contribution in [-0.4, -0.2) is 0 Å². The van der Waals surface area contributed by atoms with Gasteiger partial charge in [-0.2, -0.15) is 0 Å². The van der Waals surface area contributed by atoms with Crippen LogP contribution in [0.2, 0.25) is 0 Å². The van der Waals surface area contributed by atoms with E-state index < -0.39 is 0 Å². The van der Waals surface area contributed by atoms with E-state index in [2.05, 4.69) is 0 Å². The summed E-state index contributed by atoms with van der Waals surface area (Å²) >= 11 is 0. The maximum Gasteiger partial charge on any atom is 0 e. The molecule has 0 aromatic rings. The van der Waals surface area contributed by atoms with Gasteiger partial charge in [-0.05, 0) is 0 Å². The van der Waals surface area contributed by atoms with Gasteiger partial charge < -0.3 is 82.8 Å². The molecule has 0 atom stereocenters. The van der Waals surface area contributed by atoms with Crippen molar-refractivity contribution in [1.29, 1.82) is 36.8 Å². The third kappa shape index (κ3) is 100. The van der Waals surface area contributed by atoms with Crippen molar-refractivity contribution in [2.24, 2.45) is 0 Å². The predicted molar refractivity (Wildman–Crippen MR) is 34.8 cm³/mol. The van der Waals surface area contributed by atoms with Crippen molar-refractivity contribution >= 4 is 0 Å². The standard InChI is InChI=1S/7CN.V/c7*1-2;/q7*-1;. The van der Waals surface area contributed by atoms with E-state index in [0.29, 0.717) is 0 Å². The molecule has 0 aliphatic carbocycles. The molecule has 0 aromatic carbocycles. The van der Waals surface area contributed by atoms with Gasteiger partial charge in [-0.25, -0.2) is 0 Å². The topological polar surface area (TPSA) is 167 Å². The molecule has 0 fully saturated rings. The van der Waals surface area contributed by atoms with Crippen LogP contribution in [0, 0.1) is 82.8 Å². The Bertz CT molecular complexity index is 112. The summed E-state index contributed by atoms with van der Waals surface area (Å²) in [5.74, 6) is 0. The van der Waals surface area contributed by atoms with E-state index in [9.17, 15) is 0 Å². The van der Waals surface area contributed by atoms with Crippen molar-refractivity contribution in [2.45, 2.75) is 0 Å². The van der Waals surface area contributed by atoms with E-state index in [1.54, 1.807) is 0 Å². The van der Waals surface area contributed by atoms with Gasteiger partial charge in [0.1, 0.15) is 0 Å². The summed E-state index contributed by atoms with van der Waals surface area (Å²) < 4.78 is 0. The fraction of sp³-hybridized carbons (Fsp3) is 0. The van der Waals surface area contributed by atoms with Crippen LogP contribution >= 0.6 is 0 Å². The minimum absolute atomic E-state index is 0. The zero-order valence-corrected chi connectivity index (χ0v) is 8.47. The van der Waals surface area contributed by atoms with Crippen LogP contribution in [0.3, 0.4) is 0 Å². The van der Waals surface area contributed by atoms with Gasteiger partial charge in [0.25, 0.3) is 0 Å². The fourth-order valence-corrected chi connectivity index (χ4v) is 0. The first kappa shape index (κ1) is 90.4.